The molecule has 0 aromatic heterocycles. The Labute approximate surface area is 207 Å². The average molecular weight is 562 g/mol. The van der Waals surface area contributed by atoms with Crippen LogP contribution >= 0.6 is 27.5 Å². The number of halogens is 5. The first kappa shape index (κ1) is 24.8. The molecule has 1 spiro atoms. The Morgan fingerprint density at radius 1 is 1.18 bits per heavy atom. The normalized spacial score (nSPS) is 18.3. The summed E-state index contributed by atoms with van der Waals surface area (Å²) in [5, 5.41) is -0.309. The number of carbonyl (C=O) groups is 2. The molecule has 4 rings (SSSR count). The number of hydrogen-bond donors (Lipinski definition) is 0. The van der Waals surface area contributed by atoms with E-state index >= 15 is 0 Å². The molecule has 2 fully saturated rings. The van der Waals surface area contributed by atoms with Gasteiger partial charge in [-0.1, -0.05) is 27.5 Å². The van der Waals surface area contributed by atoms with E-state index in [1.54, 1.807) is 24.3 Å². The SMILES string of the molecule is COC(=O)c1ccc(N2CC3(CCN(Cc4c(Br)ccc(C(F)(F)F)c4Cl)CC3)OC2=O)cc1. The molecule has 2 aromatic carbocycles. The summed E-state index contributed by atoms with van der Waals surface area (Å²) < 4.78 is 50.7. The summed E-state index contributed by atoms with van der Waals surface area (Å²) in [5.41, 5.74) is -0.177. The zero-order chi connectivity index (χ0) is 24.7. The molecule has 2 aromatic rings. The number of benzene rings is 2. The fraction of sp³-hybridized carbons (Fsp3) is 0.391. The minimum atomic E-state index is -4.53. The number of alkyl halides is 3. The summed E-state index contributed by atoms with van der Waals surface area (Å²) >= 11 is 9.41. The van der Waals surface area contributed by atoms with Gasteiger partial charge in [0.1, 0.15) is 5.60 Å². The van der Waals surface area contributed by atoms with Crippen LogP contribution in [0.2, 0.25) is 5.02 Å². The van der Waals surface area contributed by atoms with Gasteiger partial charge in [-0.3, -0.25) is 9.80 Å². The first-order valence-electron chi connectivity index (χ1n) is 10.5. The Bertz CT molecular complexity index is 1100. The molecule has 0 aliphatic carbocycles. The van der Waals surface area contributed by atoms with E-state index in [1.807, 2.05) is 4.90 Å². The maximum Gasteiger partial charge on any atom is 0.417 e. The van der Waals surface area contributed by atoms with Crippen LogP contribution in [-0.2, 0) is 22.2 Å². The van der Waals surface area contributed by atoms with Crippen LogP contribution in [0, 0.1) is 0 Å². The lowest BCUT2D eigenvalue weighted by molar-refractivity contribution is -0.137. The van der Waals surface area contributed by atoms with Crippen LogP contribution < -0.4 is 4.90 Å². The van der Waals surface area contributed by atoms with Crippen molar-refractivity contribution in [2.45, 2.75) is 31.2 Å². The van der Waals surface area contributed by atoms with Gasteiger partial charge < -0.3 is 9.47 Å². The Kier molecular flexibility index (Phi) is 6.85. The average Bonchev–Trinajstić information content (AvgIpc) is 3.12. The van der Waals surface area contributed by atoms with Gasteiger partial charge in [0.2, 0.25) is 0 Å². The molecule has 34 heavy (non-hydrogen) atoms. The lowest BCUT2D eigenvalue weighted by Crippen LogP contribution is -2.46. The highest BCUT2D eigenvalue weighted by molar-refractivity contribution is 9.10. The quantitative estimate of drug-likeness (QED) is 0.435. The molecule has 2 saturated heterocycles. The highest BCUT2D eigenvalue weighted by Crippen LogP contribution is 2.41. The second kappa shape index (κ2) is 9.39. The van der Waals surface area contributed by atoms with Crippen molar-refractivity contribution < 1.29 is 32.2 Å². The van der Waals surface area contributed by atoms with Crippen LogP contribution in [0.5, 0.6) is 0 Å². The van der Waals surface area contributed by atoms with Crippen molar-refractivity contribution in [2.24, 2.45) is 0 Å². The largest absolute Gasteiger partial charge is 0.465 e. The zero-order valence-electron chi connectivity index (χ0n) is 18.1. The van der Waals surface area contributed by atoms with Gasteiger partial charge in [-0.05, 0) is 42.0 Å². The van der Waals surface area contributed by atoms with Gasteiger partial charge in [0.15, 0.2) is 0 Å². The van der Waals surface area contributed by atoms with Gasteiger partial charge in [0, 0.05) is 42.6 Å². The Hall–Kier alpha value is -2.30. The molecule has 0 atom stereocenters. The van der Waals surface area contributed by atoms with Crippen molar-refractivity contribution in [2.75, 3.05) is 31.6 Å². The van der Waals surface area contributed by atoms with E-state index in [-0.39, 0.29) is 11.6 Å². The van der Waals surface area contributed by atoms with Gasteiger partial charge in [0.25, 0.3) is 0 Å². The van der Waals surface area contributed by atoms with E-state index in [4.69, 9.17) is 16.3 Å². The van der Waals surface area contributed by atoms with Crippen molar-refractivity contribution >= 4 is 45.3 Å². The number of rotatable bonds is 4. The highest BCUT2D eigenvalue weighted by atomic mass is 79.9. The van der Waals surface area contributed by atoms with Crippen LogP contribution in [0.15, 0.2) is 40.9 Å². The van der Waals surface area contributed by atoms with E-state index in [9.17, 15) is 22.8 Å². The van der Waals surface area contributed by atoms with Crippen molar-refractivity contribution in [1.29, 1.82) is 0 Å². The summed E-state index contributed by atoms with van der Waals surface area (Å²) in [6.07, 6.45) is -3.94. The van der Waals surface area contributed by atoms with Crippen molar-refractivity contribution in [3.05, 3.63) is 62.6 Å². The molecular weight excluding hydrogens is 541 g/mol. The molecule has 0 unspecified atom stereocenters. The van der Waals surface area contributed by atoms with Crippen LogP contribution in [0.1, 0.15) is 34.3 Å². The predicted molar refractivity (Wildman–Crippen MR) is 123 cm³/mol. The maximum atomic E-state index is 13.2. The third-order valence-electron chi connectivity index (χ3n) is 6.21. The Balaban J connectivity index is 1.42. The number of likely N-dealkylation sites (tertiary alicyclic amines) is 1. The lowest BCUT2D eigenvalue weighted by atomic mass is 9.91. The maximum absolute atomic E-state index is 13.2. The van der Waals surface area contributed by atoms with Crippen LogP contribution in [0.25, 0.3) is 0 Å². The van der Waals surface area contributed by atoms with E-state index < -0.39 is 29.4 Å². The topological polar surface area (TPSA) is 59.1 Å². The molecule has 2 aliphatic heterocycles. The number of nitrogens with zero attached hydrogens (tertiary/aromatic N) is 2. The van der Waals surface area contributed by atoms with Gasteiger partial charge in [-0.15, -0.1) is 0 Å². The molecule has 6 nitrogen and oxygen atoms in total. The number of piperidine rings is 1. The lowest BCUT2D eigenvalue weighted by Gasteiger charge is -2.37. The third kappa shape index (κ3) is 4.89. The zero-order valence-corrected chi connectivity index (χ0v) is 20.5. The first-order valence-corrected chi connectivity index (χ1v) is 11.7. The molecule has 1 amide bonds. The van der Waals surface area contributed by atoms with Crippen molar-refractivity contribution in [1.82, 2.24) is 4.90 Å². The summed E-state index contributed by atoms with van der Waals surface area (Å²) in [6.45, 7) is 1.65. The van der Waals surface area contributed by atoms with Crippen LogP contribution in [-0.4, -0.2) is 49.3 Å². The van der Waals surface area contributed by atoms with Crippen molar-refractivity contribution in [3.8, 4) is 0 Å². The van der Waals surface area contributed by atoms with E-state index in [0.29, 0.717) is 53.8 Å². The monoisotopic (exact) mass is 560 g/mol. The van der Waals surface area contributed by atoms with Gasteiger partial charge >= 0.3 is 18.2 Å². The number of carbonyl (C=O) groups excluding carboxylic acids is 2. The highest BCUT2D eigenvalue weighted by Gasteiger charge is 2.47. The summed E-state index contributed by atoms with van der Waals surface area (Å²) in [4.78, 5) is 27.7. The van der Waals surface area contributed by atoms with Gasteiger partial charge in [0.05, 0.1) is 29.8 Å². The number of methoxy groups -OCH3 is 1. The molecule has 2 aliphatic rings. The minimum absolute atomic E-state index is 0.242. The smallest absolute Gasteiger partial charge is 0.417 e. The summed E-state index contributed by atoms with van der Waals surface area (Å²) in [5.74, 6) is -0.466. The standard InChI is InChI=1S/C23H21BrClF3N2O4/c1-33-20(31)14-2-4-15(5-3-14)30-13-22(34-21(30)32)8-10-29(11-9-22)12-16-18(24)7-6-17(19(16)25)23(26,27)28/h2-7H,8-13H2,1H3. The third-order valence-corrected chi connectivity index (χ3v) is 7.39. The Morgan fingerprint density at radius 2 is 1.82 bits per heavy atom. The molecule has 0 radical (unpaired) electrons. The molecule has 0 saturated carbocycles. The van der Waals surface area contributed by atoms with Gasteiger partial charge in [-0.25, -0.2) is 9.59 Å². The Morgan fingerprint density at radius 3 is 2.41 bits per heavy atom. The van der Waals surface area contributed by atoms with E-state index in [0.717, 1.165) is 6.07 Å². The molecule has 0 N–H and O–H groups in total. The second-order valence-electron chi connectivity index (χ2n) is 8.34. The van der Waals surface area contributed by atoms with Gasteiger partial charge in [-0.2, -0.15) is 13.2 Å². The predicted octanol–water partition coefficient (Wildman–Crippen LogP) is 5.90. The van der Waals surface area contributed by atoms with Crippen molar-refractivity contribution in [3.63, 3.8) is 0 Å². The second-order valence-corrected chi connectivity index (χ2v) is 9.57. The number of hydrogen-bond acceptors (Lipinski definition) is 5. The molecule has 11 heteroatoms. The van der Waals surface area contributed by atoms with E-state index in [2.05, 4.69) is 20.7 Å². The molecule has 0 bridgehead atoms. The molecule has 182 valence electrons. The number of anilines is 1. The number of ether oxygens (including phenoxy) is 2. The number of esters is 1. The first-order chi connectivity index (χ1) is 16.0. The van der Waals surface area contributed by atoms with Crippen LogP contribution in [0.4, 0.5) is 23.7 Å². The summed E-state index contributed by atoms with van der Waals surface area (Å²) in [7, 11) is 1.30. The number of amides is 1. The minimum Gasteiger partial charge on any atom is -0.465 e. The molecule has 2 heterocycles. The fourth-order valence-electron chi connectivity index (χ4n) is 4.28. The molecular formula is C23H21BrClF3N2O4. The summed E-state index contributed by atoms with van der Waals surface area (Å²) in [6, 6.07) is 8.81. The van der Waals surface area contributed by atoms with E-state index in [1.165, 1.54) is 18.1 Å². The fourth-order valence-corrected chi connectivity index (χ4v) is 5.18. The van der Waals surface area contributed by atoms with Crippen LogP contribution in [0.3, 0.4) is 0 Å².